The summed E-state index contributed by atoms with van der Waals surface area (Å²) in [5.74, 6) is 1.12. The van der Waals surface area contributed by atoms with Gasteiger partial charge in [-0.1, -0.05) is 30.3 Å². The molecule has 0 fully saturated rings. The van der Waals surface area contributed by atoms with Crippen molar-refractivity contribution >= 4 is 22.5 Å². The van der Waals surface area contributed by atoms with E-state index in [0.717, 1.165) is 5.56 Å². The van der Waals surface area contributed by atoms with Gasteiger partial charge in [0, 0.05) is 23.4 Å². The number of aromatic amines is 1. The van der Waals surface area contributed by atoms with E-state index in [-0.39, 0.29) is 11.3 Å². The molecule has 4 aromatic rings. The second-order valence-electron chi connectivity index (χ2n) is 7.45. The van der Waals surface area contributed by atoms with E-state index < -0.39 is 0 Å². The first-order valence-corrected chi connectivity index (χ1v) is 11.1. The molecular formula is C27H26N2O5. The Kier molecular flexibility index (Phi) is 6.82. The van der Waals surface area contributed by atoms with Crippen LogP contribution in [0.4, 0.5) is 5.69 Å². The fraction of sp³-hybridized carbons (Fsp3) is 0.185. The average Bonchev–Trinajstić information content (AvgIpc) is 2.87. The Hall–Kier alpha value is -4.26. The topological polar surface area (TPSA) is 89.7 Å². The van der Waals surface area contributed by atoms with Crippen molar-refractivity contribution in [1.82, 2.24) is 4.98 Å². The molecule has 0 spiro atoms. The third-order valence-electron chi connectivity index (χ3n) is 5.35. The van der Waals surface area contributed by atoms with Gasteiger partial charge < -0.3 is 24.5 Å². The van der Waals surface area contributed by atoms with Gasteiger partial charge in [0.05, 0.1) is 36.9 Å². The van der Waals surface area contributed by atoms with Crippen LogP contribution >= 0.6 is 0 Å². The maximum atomic E-state index is 13.7. The summed E-state index contributed by atoms with van der Waals surface area (Å²) in [6, 6.07) is 17.8. The second kappa shape index (κ2) is 10.1. The van der Waals surface area contributed by atoms with Crippen molar-refractivity contribution in [1.29, 1.82) is 0 Å². The fourth-order valence-electron chi connectivity index (χ4n) is 3.77. The van der Waals surface area contributed by atoms with Crippen LogP contribution in [0.2, 0.25) is 0 Å². The standard InChI is InChI=1S/C27H26N2O5/c1-4-33-22-15-21(29-27(31)18-9-7-6-8-10-18)26(34-5-2)23-24(22)28-16-20(25(23)30)17-11-13-19(32-3)14-12-17/h6-16H,4-5H2,1-3H3,(H,28,30)(H,29,31). The van der Waals surface area contributed by atoms with Crippen LogP contribution in [0.1, 0.15) is 24.2 Å². The van der Waals surface area contributed by atoms with Gasteiger partial charge in [0.1, 0.15) is 11.5 Å². The number of anilines is 1. The zero-order valence-electron chi connectivity index (χ0n) is 19.3. The van der Waals surface area contributed by atoms with Crippen LogP contribution in [0.3, 0.4) is 0 Å². The number of amides is 1. The number of carbonyl (C=O) groups excluding carboxylic acids is 1. The lowest BCUT2D eigenvalue weighted by Gasteiger charge is -2.18. The molecule has 0 bridgehead atoms. The number of hydrogen-bond donors (Lipinski definition) is 2. The third-order valence-corrected chi connectivity index (χ3v) is 5.35. The highest BCUT2D eigenvalue weighted by molar-refractivity contribution is 6.08. The molecule has 1 heterocycles. The summed E-state index contributed by atoms with van der Waals surface area (Å²) in [4.78, 5) is 29.9. The molecule has 7 nitrogen and oxygen atoms in total. The monoisotopic (exact) mass is 458 g/mol. The Morgan fingerprint density at radius 1 is 0.971 bits per heavy atom. The summed E-state index contributed by atoms with van der Waals surface area (Å²) in [6.07, 6.45) is 1.66. The number of fused-ring (bicyclic) bond motifs is 1. The minimum Gasteiger partial charge on any atom is -0.497 e. The van der Waals surface area contributed by atoms with Gasteiger partial charge in [-0.3, -0.25) is 9.59 Å². The van der Waals surface area contributed by atoms with Crippen LogP contribution in [0.15, 0.2) is 71.7 Å². The lowest BCUT2D eigenvalue weighted by atomic mass is 10.0. The van der Waals surface area contributed by atoms with Crippen molar-refractivity contribution < 1.29 is 19.0 Å². The molecule has 2 N–H and O–H groups in total. The highest BCUT2D eigenvalue weighted by atomic mass is 16.5. The summed E-state index contributed by atoms with van der Waals surface area (Å²) in [5.41, 5.74) is 2.31. The number of methoxy groups -OCH3 is 1. The maximum absolute atomic E-state index is 13.7. The van der Waals surface area contributed by atoms with E-state index in [1.54, 1.807) is 55.8 Å². The number of hydrogen-bond acceptors (Lipinski definition) is 5. The van der Waals surface area contributed by atoms with Gasteiger partial charge in [-0.25, -0.2) is 0 Å². The molecule has 0 saturated heterocycles. The van der Waals surface area contributed by atoms with Gasteiger partial charge in [-0.2, -0.15) is 0 Å². The lowest BCUT2D eigenvalue weighted by Crippen LogP contribution is -2.16. The van der Waals surface area contributed by atoms with Crippen molar-refractivity contribution in [2.75, 3.05) is 25.6 Å². The van der Waals surface area contributed by atoms with E-state index in [9.17, 15) is 9.59 Å². The smallest absolute Gasteiger partial charge is 0.255 e. The Labute approximate surface area is 197 Å². The predicted molar refractivity (Wildman–Crippen MR) is 133 cm³/mol. The van der Waals surface area contributed by atoms with Gasteiger partial charge >= 0.3 is 0 Å². The van der Waals surface area contributed by atoms with Crippen molar-refractivity contribution in [2.45, 2.75) is 13.8 Å². The molecule has 0 atom stereocenters. The van der Waals surface area contributed by atoms with Crippen LogP contribution in [-0.2, 0) is 0 Å². The Morgan fingerprint density at radius 3 is 2.32 bits per heavy atom. The lowest BCUT2D eigenvalue weighted by molar-refractivity contribution is 0.102. The second-order valence-corrected chi connectivity index (χ2v) is 7.45. The number of nitrogens with one attached hydrogen (secondary N) is 2. The summed E-state index contributed by atoms with van der Waals surface area (Å²) in [6.45, 7) is 4.38. The van der Waals surface area contributed by atoms with E-state index in [0.29, 0.717) is 58.2 Å². The minimum absolute atomic E-state index is 0.237. The number of carbonyl (C=O) groups is 1. The molecule has 0 aliphatic heterocycles. The van der Waals surface area contributed by atoms with Crippen LogP contribution in [0.5, 0.6) is 17.2 Å². The molecule has 0 aliphatic rings. The molecular weight excluding hydrogens is 432 g/mol. The third kappa shape index (κ3) is 4.45. The van der Waals surface area contributed by atoms with Crippen LogP contribution in [-0.4, -0.2) is 31.2 Å². The molecule has 4 rings (SSSR count). The van der Waals surface area contributed by atoms with Crippen LogP contribution < -0.4 is 25.0 Å². The number of rotatable bonds is 8. The number of benzene rings is 3. The first-order valence-electron chi connectivity index (χ1n) is 11.1. The molecule has 0 unspecified atom stereocenters. The predicted octanol–water partition coefficient (Wildman–Crippen LogP) is 5.25. The molecule has 1 amide bonds. The largest absolute Gasteiger partial charge is 0.497 e. The van der Waals surface area contributed by atoms with Gasteiger partial charge in [0.25, 0.3) is 5.91 Å². The van der Waals surface area contributed by atoms with Crippen LogP contribution in [0.25, 0.3) is 22.0 Å². The van der Waals surface area contributed by atoms with Crippen molar-refractivity contribution in [3.8, 4) is 28.4 Å². The quantitative estimate of drug-likeness (QED) is 0.376. The van der Waals surface area contributed by atoms with E-state index in [4.69, 9.17) is 14.2 Å². The molecule has 3 aromatic carbocycles. The highest BCUT2D eigenvalue weighted by Crippen LogP contribution is 2.39. The Bertz CT molecular complexity index is 1360. The van der Waals surface area contributed by atoms with Crippen molar-refractivity contribution in [3.63, 3.8) is 0 Å². The number of H-pyrrole nitrogens is 1. The van der Waals surface area contributed by atoms with Gasteiger partial charge in [0.15, 0.2) is 5.75 Å². The first kappa shape index (κ1) is 22.9. The van der Waals surface area contributed by atoms with Crippen LogP contribution in [0, 0.1) is 0 Å². The molecule has 34 heavy (non-hydrogen) atoms. The Balaban J connectivity index is 1.92. The molecule has 0 radical (unpaired) electrons. The molecule has 0 saturated carbocycles. The minimum atomic E-state index is -0.314. The maximum Gasteiger partial charge on any atom is 0.255 e. The molecule has 174 valence electrons. The van der Waals surface area contributed by atoms with Crippen molar-refractivity contribution in [2.24, 2.45) is 0 Å². The first-order chi connectivity index (χ1) is 16.6. The van der Waals surface area contributed by atoms with Gasteiger partial charge in [0.2, 0.25) is 5.43 Å². The SMILES string of the molecule is CCOc1cc(NC(=O)c2ccccc2)c(OCC)c2c(=O)c(-c3ccc(OC)cc3)c[nH]c12. The van der Waals surface area contributed by atoms with E-state index in [1.165, 1.54) is 0 Å². The summed E-state index contributed by atoms with van der Waals surface area (Å²) >= 11 is 0. The zero-order chi connectivity index (χ0) is 24.1. The number of ether oxygens (including phenoxy) is 3. The number of aromatic nitrogens is 1. The van der Waals surface area contributed by atoms with E-state index in [1.807, 2.05) is 32.0 Å². The van der Waals surface area contributed by atoms with Crippen molar-refractivity contribution in [3.05, 3.63) is 82.6 Å². The highest BCUT2D eigenvalue weighted by Gasteiger charge is 2.21. The van der Waals surface area contributed by atoms with Gasteiger partial charge in [-0.15, -0.1) is 0 Å². The zero-order valence-corrected chi connectivity index (χ0v) is 19.3. The number of pyridine rings is 1. The summed E-state index contributed by atoms with van der Waals surface area (Å²) in [7, 11) is 1.59. The van der Waals surface area contributed by atoms with Gasteiger partial charge in [-0.05, 0) is 43.7 Å². The normalized spacial score (nSPS) is 10.7. The van der Waals surface area contributed by atoms with E-state index in [2.05, 4.69) is 10.3 Å². The molecule has 0 aliphatic carbocycles. The molecule has 7 heteroatoms. The fourth-order valence-corrected chi connectivity index (χ4v) is 3.77. The average molecular weight is 459 g/mol. The van der Waals surface area contributed by atoms with E-state index >= 15 is 0 Å². The summed E-state index contributed by atoms with van der Waals surface area (Å²) in [5, 5.41) is 3.20. The Morgan fingerprint density at radius 2 is 1.68 bits per heavy atom. The molecule has 1 aromatic heterocycles. The summed E-state index contributed by atoms with van der Waals surface area (Å²) < 4.78 is 17.0.